The Balaban J connectivity index is 1.90. The molecule has 1 aliphatic heterocycles. The first kappa shape index (κ1) is 13.5. The Kier molecular flexibility index (Phi) is 5.16. The van der Waals surface area contributed by atoms with Crippen molar-refractivity contribution in [3.05, 3.63) is 18.2 Å². The Hall–Kier alpha value is -0.910. The number of nitrogens with zero attached hydrogens (tertiary/aromatic N) is 3. The van der Waals surface area contributed by atoms with Gasteiger partial charge in [-0.05, 0) is 25.8 Å². The van der Waals surface area contributed by atoms with Gasteiger partial charge in [0.05, 0.1) is 19.3 Å². The highest BCUT2D eigenvalue weighted by atomic mass is 16.5. The molecule has 1 fully saturated rings. The van der Waals surface area contributed by atoms with Crippen LogP contribution in [0.4, 0.5) is 0 Å². The average Bonchev–Trinajstić information content (AvgIpc) is 2.70. The van der Waals surface area contributed by atoms with Crippen LogP contribution in [0.3, 0.4) is 0 Å². The number of aromatic nitrogens is 2. The quantitative estimate of drug-likeness (QED) is 0.846. The molecule has 0 aromatic carbocycles. The second-order valence-electron chi connectivity index (χ2n) is 4.89. The molecule has 0 saturated carbocycles. The van der Waals surface area contributed by atoms with Crippen molar-refractivity contribution < 1.29 is 9.84 Å². The third-order valence-corrected chi connectivity index (χ3v) is 3.49. The van der Waals surface area contributed by atoms with Crippen molar-refractivity contribution in [3.8, 4) is 0 Å². The first-order valence-electron chi connectivity index (χ1n) is 6.69. The Morgan fingerprint density at radius 2 is 2.33 bits per heavy atom. The number of hydrogen-bond acceptors (Lipinski definition) is 4. The molecule has 0 amide bonds. The van der Waals surface area contributed by atoms with Crippen molar-refractivity contribution in [1.82, 2.24) is 14.5 Å². The van der Waals surface area contributed by atoms with Crippen LogP contribution in [0.25, 0.3) is 0 Å². The maximum Gasteiger partial charge on any atom is 0.122 e. The van der Waals surface area contributed by atoms with Gasteiger partial charge in [0.1, 0.15) is 5.82 Å². The molecule has 0 bridgehead atoms. The van der Waals surface area contributed by atoms with Crippen LogP contribution in [0.5, 0.6) is 0 Å². The normalized spacial score (nSPS) is 22.0. The van der Waals surface area contributed by atoms with E-state index in [4.69, 9.17) is 4.74 Å². The van der Waals surface area contributed by atoms with E-state index in [9.17, 15) is 5.11 Å². The number of rotatable bonds is 5. The Bertz CT molecular complexity index is 354. The van der Waals surface area contributed by atoms with E-state index >= 15 is 0 Å². The lowest BCUT2D eigenvalue weighted by atomic mass is 10.2. The largest absolute Gasteiger partial charge is 0.393 e. The van der Waals surface area contributed by atoms with E-state index in [0.717, 1.165) is 51.3 Å². The third kappa shape index (κ3) is 3.80. The number of aliphatic hydroxyl groups is 1. The summed E-state index contributed by atoms with van der Waals surface area (Å²) in [5.74, 6) is 1.09. The summed E-state index contributed by atoms with van der Waals surface area (Å²) >= 11 is 0. The molecular formula is C13H23N3O2. The van der Waals surface area contributed by atoms with Crippen LogP contribution in [0.15, 0.2) is 12.4 Å². The van der Waals surface area contributed by atoms with Crippen LogP contribution in [-0.4, -0.2) is 52.5 Å². The average molecular weight is 253 g/mol. The summed E-state index contributed by atoms with van der Waals surface area (Å²) in [6.45, 7) is 4.43. The molecule has 2 rings (SSSR count). The summed E-state index contributed by atoms with van der Waals surface area (Å²) in [7, 11) is 1.72. The van der Waals surface area contributed by atoms with Crippen molar-refractivity contribution in [2.75, 3.05) is 26.8 Å². The topological polar surface area (TPSA) is 50.5 Å². The molecule has 18 heavy (non-hydrogen) atoms. The van der Waals surface area contributed by atoms with Crippen molar-refractivity contribution >= 4 is 0 Å². The smallest absolute Gasteiger partial charge is 0.122 e. The highest BCUT2D eigenvalue weighted by Crippen LogP contribution is 2.13. The first-order valence-corrected chi connectivity index (χ1v) is 6.69. The molecule has 1 atom stereocenters. The Morgan fingerprint density at radius 3 is 3.17 bits per heavy atom. The van der Waals surface area contributed by atoms with Gasteiger partial charge in [-0.2, -0.15) is 0 Å². The van der Waals surface area contributed by atoms with Crippen LogP contribution in [0.1, 0.15) is 25.1 Å². The second kappa shape index (κ2) is 6.87. The molecule has 0 spiro atoms. The Morgan fingerprint density at radius 1 is 1.44 bits per heavy atom. The fourth-order valence-electron chi connectivity index (χ4n) is 2.38. The molecule has 1 saturated heterocycles. The zero-order valence-corrected chi connectivity index (χ0v) is 11.1. The third-order valence-electron chi connectivity index (χ3n) is 3.49. The van der Waals surface area contributed by atoms with E-state index < -0.39 is 0 Å². The minimum absolute atomic E-state index is 0.122. The molecule has 102 valence electrons. The molecule has 0 aliphatic carbocycles. The van der Waals surface area contributed by atoms with Gasteiger partial charge in [-0.1, -0.05) is 0 Å². The fraction of sp³-hybridized carbons (Fsp3) is 0.769. The monoisotopic (exact) mass is 253 g/mol. The van der Waals surface area contributed by atoms with Crippen molar-refractivity contribution in [2.24, 2.45) is 0 Å². The molecule has 0 radical (unpaired) electrons. The molecule has 5 nitrogen and oxygen atoms in total. The van der Waals surface area contributed by atoms with E-state index in [1.165, 1.54) is 0 Å². The molecule has 1 aromatic rings. The summed E-state index contributed by atoms with van der Waals surface area (Å²) in [6.07, 6.45) is 6.59. The minimum atomic E-state index is -0.122. The van der Waals surface area contributed by atoms with Gasteiger partial charge in [-0.15, -0.1) is 0 Å². The predicted molar refractivity (Wildman–Crippen MR) is 69.2 cm³/mol. The van der Waals surface area contributed by atoms with Gasteiger partial charge in [0.15, 0.2) is 0 Å². The van der Waals surface area contributed by atoms with Gasteiger partial charge in [0.25, 0.3) is 0 Å². The lowest BCUT2D eigenvalue weighted by Gasteiger charge is -2.20. The second-order valence-corrected chi connectivity index (χ2v) is 4.89. The molecule has 5 heteroatoms. The van der Waals surface area contributed by atoms with Gasteiger partial charge in [0, 0.05) is 32.6 Å². The molecular weight excluding hydrogens is 230 g/mol. The molecule has 1 aliphatic rings. The SMILES string of the molecule is COCCn1ccnc1CN1CCCC(O)CC1. The van der Waals surface area contributed by atoms with Crippen molar-refractivity contribution in [2.45, 2.75) is 38.5 Å². The molecule has 1 unspecified atom stereocenters. The van der Waals surface area contributed by atoms with Crippen LogP contribution in [-0.2, 0) is 17.8 Å². The van der Waals surface area contributed by atoms with Crippen molar-refractivity contribution in [1.29, 1.82) is 0 Å². The summed E-state index contributed by atoms with van der Waals surface area (Å²) in [5.41, 5.74) is 0. The van der Waals surface area contributed by atoms with Crippen LogP contribution >= 0.6 is 0 Å². The van der Waals surface area contributed by atoms with Crippen molar-refractivity contribution in [3.63, 3.8) is 0 Å². The highest BCUT2D eigenvalue weighted by molar-refractivity contribution is 4.92. The number of imidazole rings is 1. The van der Waals surface area contributed by atoms with Gasteiger partial charge < -0.3 is 14.4 Å². The molecule has 1 N–H and O–H groups in total. The van der Waals surface area contributed by atoms with E-state index in [2.05, 4.69) is 14.5 Å². The Labute approximate surface area is 108 Å². The standard InChI is InChI=1S/C13H23N3O2/c1-18-10-9-16-8-5-14-13(16)11-15-6-2-3-12(17)4-7-15/h5,8,12,17H,2-4,6-7,9-11H2,1H3. The van der Waals surface area contributed by atoms with Gasteiger partial charge in [-0.3, -0.25) is 4.90 Å². The number of aliphatic hydroxyl groups excluding tert-OH is 1. The van der Waals surface area contributed by atoms with E-state index in [-0.39, 0.29) is 6.10 Å². The van der Waals surface area contributed by atoms with Gasteiger partial charge in [-0.25, -0.2) is 4.98 Å². The summed E-state index contributed by atoms with van der Waals surface area (Å²) in [4.78, 5) is 6.79. The lowest BCUT2D eigenvalue weighted by Crippen LogP contribution is -2.26. The minimum Gasteiger partial charge on any atom is -0.393 e. The summed E-state index contributed by atoms with van der Waals surface area (Å²) in [6, 6.07) is 0. The first-order chi connectivity index (χ1) is 8.79. The highest BCUT2D eigenvalue weighted by Gasteiger charge is 2.16. The molecule has 2 heterocycles. The van der Waals surface area contributed by atoms with Crippen LogP contribution in [0, 0.1) is 0 Å². The predicted octanol–water partition coefficient (Wildman–Crippen LogP) is 0.876. The van der Waals surface area contributed by atoms with E-state index in [0.29, 0.717) is 6.61 Å². The number of hydrogen-bond donors (Lipinski definition) is 1. The number of methoxy groups -OCH3 is 1. The van der Waals surface area contributed by atoms with Crippen LogP contribution < -0.4 is 0 Å². The zero-order valence-electron chi connectivity index (χ0n) is 11.1. The van der Waals surface area contributed by atoms with Gasteiger partial charge in [0.2, 0.25) is 0 Å². The maximum absolute atomic E-state index is 9.64. The summed E-state index contributed by atoms with van der Waals surface area (Å²) in [5, 5.41) is 9.64. The van der Waals surface area contributed by atoms with E-state index in [1.54, 1.807) is 7.11 Å². The van der Waals surface area contributed by atoms with E-state index in [1.807, 2.05) is 12.4 Å². The zero-order chi connectivity index (χ0) is 12.8. The number of ether oxygens (including phenoxy) is 1. The lowest BCUT2D eigenvalue weighted by molar-refractivity contribution is 0.154. The molecule has 1 aromatic heterocycles. The van der Waals surface area contributed by atoms with Gasteiger partial charge >= 0.3 is 0 Å². The number of likely N-dealkylation sites (tertiary alicyclic amines) is 1. The summed E-state index contributed by atoms with van der Waals surface area (Å²) < 4.78 is 7.24. The maximum atomic E-state index is 9.64. The van der Waals surface area contributed by atoms with Crippen LogP contribution in [0.2, 0.25) is 0 Å². The fourth-order valence-corrected chi connectivity index (χ4v) is 2.38.